The molecule has 0 amide bonds. The minimum absolute atomic E-state index is 0.754. The molecule has 0 spiro atoms. The van der Waals surface area contributed by atoms with E-state index in [0.717, 1.165) is 42.9 Å². The van der Waals surface area contributed by atoms with E-state index in [1.165, 1.54) is 12.8 Å². The van der Waals surface area contributed by atoms with Crippen molar-refractivity contribution in [3.8, 4) is 0 Å². The highest BCUT2D eigenvalue weighted by molar-refractivity contribution is 5.44. The molecule has 1 aromatic heterocycles. The van der Waals surface area contributed by atoms with Crippen LogP contribution in [0.1, 0.15) is 31.9 Å². The molecule has 1 aliphatic carbocycles. The summed E-state index contributed by atoms with van der Waals surface area (Å²) >= 11 is 0. The number of nitrogens with zero attached hydrogens (tertiary/aromatic N) is 3. The van der Waals surface area contributed by atoms with Crippen LogP contribution >= 0.6 is 0 Å². The summed E-state index contributed by atoms with van der Waals surface area (Å²) in [6.07, 6.45) is 3.83. The number of rotatable bonds is 6. The lowest BCUT2D eigenvalue weighted by Crippen LogP contribution is -2.22. The second-order valence-electron chi connectivity index (χ2n) is 4.94. The molecule has 0 bridgehead atoms. The van der Waals surface area contributed by atoms with E-state index in [9.17, 15) is 0 Å². The zero-order valence-corrected chi connectivity index (χ0v) is 11.0. The van der Waals surface area contributed by atoms with E-state index in [2.05, 4.69) is 40.2 Å². The van der Waals surface area contributed by atoms with E-state index in [-0.39, 0.29) is 0 Å². The minimum Gasteiger partial charge on any atom is -0.359 e. The number of hydrogen-bond donors (Lipinski definition) is 1. The van der Waals surface area contributed by atoms with Gasteiger partial charge in [0, 0.05) is 31.9 Å². The molecule has 2 rings (SSSR count). The summed E-state index contributed by atoms with van der Waals surface area (Å²) < 4.78 is 0. The van der Waals surface area contributed by atoms with Crippen LogP contribution in [0.4, 0.5) is 11.8 Å². The predicted molar refractivity (Wildman–Crippen MR) is 71.5 cm³/mol. The second-order valence-corrected chi connectivity index (χ2v) is 4.94. The molecule has 4 nitrogen and oxygen atoms in total. The van der Waals surface area contributed by atoms with Crippen molar-refractivity contribution in [3.63, 3.8) is 0 Å². The molecule has 1 heterocycles. The van der Waals surface area contributed by atoms with Crippen LogP contribution in [0.5, 0.6) is 0 Å². The van der Waals surface area contributed by atoms with Crippen molar-refractivity contribution in [2.45, 2.75) is 33.1 Å². The number of aromatic nitrogens is 2. The summed E-state index contributed by atoms with van der Waals surface area (Å²) in [6.45, 7) is 6.20. The van der Waals surface area contributed by atoms with Gasteiger partial charge in [-0.25, -0.2) is 4.98 Å². The Bertz CT molecular complexity index is 374. The summed E-state index contributed by atoms with van der Waals surface area (Å²) in [6, 6.07) is 2.06. The van der Waals surface area contributed by atoms with Gasteiger partial charge in [-0.3, -0.25) is 0 Å². The van der Waals surface area contributed by atoms with E-state index in [0.29, 0.717) is 0 Å². The highest BCUT2D eigenvalue weighted by atomic mass is 15.2. The van der Waals surface area contributed by atoms with Crippen molar-refractivity contribution in [2.24, 2.45) is 5.92 Å². The number of nitrogens with one attached hydrogen (secondary N) is 1. The summed E-state index contributed by atoms with van der Waals surface area (Å²) in [4.78, 5) is 11.2. The molecule has 1 saturated carbocycles. The Labute approximate surface area is 103 Å². The zero-order chi connectivity index (χ0) is 12.3. The maximum absolute atomic E-state index is 4.56. The van der Waals surface area contributed by atoms with E-state index in [1.54, 1.807) is 0 Å². The molecule has 0 saturated heterocycles. The van der Waals surface area contributed by atoms with Gasteiger partial charge in [-0.05, 0) is 32.1 Å². The molecule has 0 aliphatic heterocycles. The van der Waals surface area contributed by atoms with Gasteiger partial charge in [0.25, 0.3) is 0 Å². The minimum atomic E-state index is 0.754. The van der Waals surface area contributed by atoms with Crippen LogP contribution in [0, 0.1) is 12.8 Å². The van der Waals surface area contributed by atoms with Crippen molar-refractivity contribution in [1.82, 2.24) is 9.97 Å². The molecule has 0 aromatic carbocycles. The van der Waals surface area contributed by atoms with Gasteiger partial charge < -0.3 is 10.2 Å². The number of anilines is 2. The molecule has 4 heteroatoms. The fourth-order valence-electron chi connectivity index (χ4n) is 1.84. The first kappa shape index (κ1) is 12.1. The predicted octanol–water partition coefficient (Wildman–Crippen LogP) is 2.45. The van der Waals surface area contributed by atoms with E-state index in [4.69, 9.17) is 0 Å². The smallest absolute Gasteiger partial charge is 0.224 e. The average Bonchev–Trinajstić information content (AvgIpc) is 3.09. The highest BCUT2D eigenvalue weighted by Gasteiger charge is 2.23. The third kappa shape index (κ3) is 3.58. The molecule has 0 unspecified atom stereocenters. The van der Waals surface area contributed by atoms with Gasteiger partial charge in [0.1, 0.15) is 5.82 Å². The van der Waals surface area contributed by atoms with E-state index in [1.807, 2.05) is 6.92 Å². The third-order valence-corrected chi connectivity index (χ3v) is 2.99. The molecule has 0 radical (unpaired) electrons. The maximum atomic E-state index is 4.56. The highest BCUT2D eigenvalue weighted by Crippen LogP contribution is 2.30. The van der Waals surface area contributed by atoms with Crippen molar-refractivity contribution >= 4 is 11.8 Å². The Morgan fingerprint density at radius 1 is 1.41 bits per heavy atom. The fraction of sp³-hybridized carbons (Fsp3) is 0.692. The molecule has 1 N–H and O–H groups in total. The number of aryl methyl sites for hydroxylation is 1. The lowest BCUT2D eigenvalue weighted by Gasteiger charge is -2.19. The normalized spacial score (nSPS) is 14.8. The van der Waals surface area contributed by atoms with Crippen LogP contribution in [0.3, 0.4) is 0 Å². The summed E-state index contributed by atoms with van der Waals surface area (Å²) in [7, 11) is 2.11. The quantitative estimate of drug-likeness (QED) is 0.821. The van der Waals surface area contributed by atoms with Gasteiger partial charge >= 0.3 is 0 Å². The molecule has 0 atom stereocenters. The fourth-order valence-corrected chi connectivity index (χ4v) is 1.84. The van der Waals surface area contributed by atoms with Crippen molar-refractivity contribution in [3.05, 3.63) is 11.8 Å². The Balaban J connectivity index is 2.06. The molecule has 1 aliphatic rings. The second kappa shape index (κ2) is 5.34. The van der Waals surface area contributed by atoms with E-state index >= 15 is 0 Å². The van der Waals surface area contributed by atoms with Gasteiger partial charge in [0.15, 0.2) is 0 Å². The molecule has 1 fully saturated rings. The summed E-state index contributed by atoms with van der Waals surface area (Å²) in [5, 5.41) is 3.25. The molecular formula is C13H22N4. The maximum Gasteiger partial charge on any atom is 0.224 e. The van der Waals surface area contributed by atoms with Crippen molar-refractivity contribution < 1.29 is 0 Å². The Kier molecular flexibility index (Phi) is 3.82. The molecule has 94 valence electrons. The van der Waals surface area contributed by atoms with Crippen LogP contribution in [0.2, 0.25) is 0 Å². The summed E-state index contributed by atoms with van der Waals surface area (Å²) in [5.74, 6) is 2.66. The topological polar surface area (TPSA) is 41.1 Å². The van der Waals surface area contributed by atoms with Crippen LogP contribution in [0.25, 0.3) is 0 Å². The SMILES string of the molecule is CCCNc1nc(C)cc(N(C)CC2CC2)n1. The Morgan fingerprint density at radius 2 is 2.18 bits per heavy atom. The zero-order valence-electron chi connectivity index (χ0n) is 11.0. The third-order valence-electron chi connectivity index (χ3n) is 2.99. The van der Waals surface area contributed by atoms with Crippen LogP contribution in [-0.4, -0.2) is 30.1 Å². The van der Waals surface area contributed by atoms with Crippen molar-refractivity contribution in [1.29, 1.82) is 0 Å². The van der Waals surface area contributed by atoms with Crippen LogP contribution in [-0.2, 0) is 0 Å². The van der Waals surface area contributed by atoms with Crippen molar-refractivity contribution in [2.75, 3.05) is 30.4 Å². The molecular weight excluding hydrogens is 212 g/mol. The largest absolute Gasteiger partial charge is 0.359 e. The van der Waals surface area contributed by atoms with E-state index < -0.39 is 0 Å². The van der Waals surface area contributed by atoms with Crippen LogP contribution < -0.4 is 10.2 Å². The van der Waals surface area contributed by atoms with Gasteiger partial charge in [0.05, 0.1) is 0 Å². The first-order valence-corrected chi connectivity index (χ1v) is 6.49. The van der Waals surface area contributed by atoms with Gasteiger partial charge in [0.2, 0.25) is 5.95 Å². The molecule has 1 aromatic rings. The monoisotopic (exact) mass is 234 g/mol. The van der Waals surface area contributed by atoms with Gasteiger partial charge in [-0.1, -0.05) is 6.92 Å². The number of hydrogen-bond acceptors (Lipinski definition) is 4. The first-order chi connectivity index (χ1) is 8.19. The lowest BCUT2D eigenvalue weighted by atomic mass is 10.3. The van der Waals surface area contributed by atoms with Gasteiger partial charge in [-0.15, -0.1) is 0 Å². The molecule has 17 heavy (non-hydrogen) atoms. The Morgan fingerprint density at radius 3 is 2.82 bits per heavy atom. The standard InChI is InChI=1S/C13H22N4/c1-4-7-14-13-15-10(2)8-12(16-13)17(3)9-11-5-6-11/h8,11H,4-7,9H2,1-3H3,(H,14,15,16). The summed E-state index contributed by atoms with van der Waals surface area (Å²) in [5.41, 5.74) is 1.02. The Hall–Kier alpha value is -1.32. The first-order valence-electron chi connectivity index (χ1n) is 6.49. The average molecular weight is 234 g/mol. The lowest BCUT2D eigenvalue weighted by molar-refractivity contribution is 0.774. The van der Waals surface area contributed by atoms with Gasteiger partial charge in [-0.2, -0.15) is 4.98 Å². The van der Waals surface area contributed by atoms with Crippen LogP contribution in [0.15, 0.2) is 6.07 Å².